The highest BCUT2D eigenvalue weighted by Crippen LogP contribution is 2.27. The highest BCUT2D eigenvalue weighted by atomic mass is 16.3. The normalized spacial score (nSPS) is 10.4. The zero-order valence-corrected chi connectivity index (χ0v) is 11.8. The number of hydrogen-bond donors (Lipinski definition) is 2. The first-order valence-electron chi connectivity index (χ1n) is 6.85. The quantitative estimate of drug-likeness (QED) is 0.773. The lowest BCUT2D eigenvalue weighted by atomic mass is 9.98. The van der Waals surface area contributed by atoms with Crippen LogP contribution in [0.3, 0.4) is 0 Å². The summed E-state index contributed by atoms with van der Waals surface area (Å²) in [4.78, 5) is 11.1. The van der Waals surface area contributed by atoms with Crippen molar-refractivity contribution in [2.75, 3.05) is 0 Å². The molecular weight excluding hydrogens is 274 g/mol. The molecule has 0 spiro atoms. The van der Waals surface area contributed by atoms with Crippen molar-refractivity contribution in [3.05, 3.63) is 78.4 Å². The van der Waals surface area contributed by atoms with Gasteiger partial charge in [0.15, 0.2) is 0 Å². The molecule has 0 atom stereocenters. The van der Waals surface area contributed by atoms with Gasteiger partial charge in [-0.1, -0.05) is 36.4 Å². The zero-order chi connectivity index (χ0) is 15.5. The average molecular weight is 288 g/mol. The number of benzene rings is 3. The molecule has 3 heteroatoms. The minimum absolute atomic E-state index is 0.238. The molecule has 3 aromatic rings. The first kappa shape index (κ1) is 13.9. The Morgan fingerprint density at radius 3 is 2.14 bits per heavy atom. The summed E-state index contributed by atoms with van der Waals surface area (Å²) in [5, 5.41) is 9.36. The zero-order valence-electron chi connectivity index (χ0n) is 11.8. The second-order valence-electron chi connectivity index (χ2n) is 4.98. The van der Waals surface area contributed by atoms with E-state index in [0.717, 1.165) is 22.3 Å². The van der Waals surface area contributed by atoms with Crippen LogP contribution in [0.4, 0.5) is 0 Å². The topological polar surface area (TPSA) is 63.3 Å². The fourth-order valence-electron chi connectivity index (χ4n) is 2.28. The number of nitrogens with two attached hydrogens (primary N) is 1. The molecule has 0 heterocycles. The standard InChI is InChI=1S/C19H14NO2/c20-19(22)15-6-4-13(5-7-15)16-2-1-3-17(12-16)14-8-10-18(21)11-9-14/h1-2,4-12,21H,(H2,20,22). The predicted octanol–water partition coefficient (Wildman–Crippen LogP) is 3.63. The largest absolute Gasteiger partial charge is 0.508 e. The lowest BCUT2D eigenvalue weighted by molar-refractivity contribution is 0.100. The number of carbonyl (C=O) groups excluding carboxylic acids is 1. The van der Waals surface area contributed by atoms with Gasteiger partial charge in [0.2, 0.25) is 5.91 Å². The van der Waals surface area contributed by atoms with Crippen LogP contribution < -0.4 is 5.73 Å². The van der Waals surface area contributed by atoms with Gasteiger partial charge in [0.25, 0.3) is 0 Å². The molecule has 0 saturated carbocycles. The second-order valence-corrected chi connectivity index (χ2v) is 4.98. The Morgan fingerprint density at radius 1 is 0.864 bits per heavy atom. The van der Waals surface area contributed by atoms with Crippen LogP contribution in [-0.2, 0) is 0 Å². The third-order valence-corrected chi connectivity index (χ3v) is 3.48. The Kier molecular flexibility index (Phi) is 3.62. The molecule has 0 aliphatic heterocycles. The molecule has 1 amide bonds. The van der Waals surface area contributed by atoms with Gasteiger partial charge in [-0.25, -0.2) is 0 Å². The third kappa shape index (κ3) is 2.83. The maximum atomic E-state index is 11.1. The molecule has 0 aromatic heterocycles. The molecule has 107 valence electrons. The van der Waals surface area contributed by atoms with E-state index in [4.69, 9.17) is 5.73 Å². The van der Waals surface area contributed by atoms with Crippen LogP contribution in [0.2, 0.25) is 0 Å². The highest BCUT2D eigenvalue weighted by Gasteiger charge is 2.04. The molecule has 0 aliphatic carbocycles. The van der Waals surface area contributed by atoms with E-state index in [0.29, 0.717) is 5.56 Å². The molecule has 0 saturated heterocycles. The van der Waals surface area contributed by atoms with E-state index in [1.54, 1.807) is 24.3 Å². The number of aromatic hydroxyl groups is 1. The van der Waals surface area contributed by atoms with Gasteiger partial charge in [-0.05, 0) is 58.7 Å². The molecule has 0 aliphatic rings. The van der Waals surface area contributed by atoms with E-state index < -0.39 is 5.91 Å². The van der Waals surface area contributed by atoms with Gasteiger partial charge >= 0.3 is 0 Å². The van der Waals surface area contributed by atoms with Gasteiger partial charge in [-0.2, -0.15) is 0 Å². The molecule has 22 heavy (non-hydrogen) atoms. The maximum Gasteiger partial charge on any atom is 0.248 e. The fraction of sp³-hybridized carbons (Fsp3) is 0. The third-order valence-electron chi connectivity index (χ3n) is 3.48. The van der Waals surface area contributed by atoms with Gasteiger partial charge in [0, 0.05) is 5.56 Å². The Morgan fingerprint density at radius 2 is 1.50 bits per heavy atom. The summed E-state index contributed by atoms with van der Waals surface area (Å²) >= 11 is 0. The molecular formula is C19H14NO2. The monoisotopic (exact) mass is 288 g/mol. The van der Waals surface area contributed by atoms with E-state index in [1.807, 2.05) is 42.5 Å². The van der Waals surface area contributed by atoms with Crippen LogP contribution in [0.1, 0.15) is 10.4 Å². The molecule has 3 rings (SSSR count). The summed E-state index contributed by atoms with van der Waals surface area (Å²) in [6.45, 7) is 0. The Labute approximate surface area is 128 Å². The van der Waals surface area contributed by atoms with Crippen molar-refractivity contribution >= 4 is 5.91 Å². The number of carbonyl (C=O) groups is 1. The summed E-state index contributed by atoms with van der Waals surface area (Å²) in [6, 6.07) is 23.2. The summed E-state index contributed by atoms with van der Waals surface area (Å²) < 4.78 is 0. The maximum absolute atomic E-state index is 11.1. The first-order valence-corrected chi connectivity index (χ1v) is 6.85. The van der Waals surface area contributed by atoms with Crippen LogP contribution in [0, 0.1) is 6.07 Å². The van der Waals surface area contributed by atoms with E-state index in [1.165, 1.54) is 0 Å². The summed E-state index contributed by atoms with van der Waals surface area (Å²) in [6.07, 6.45) is 0. The summed E-state index contributed by atoms with van der Waals surface area (Å²) in [7, 11) is 0. The lowest BCUT2D eigenvalue weighted by Gasteiger charge is -2.06. The SMILES string of the molecule is NC(=O)c1ccc(-c2cc[c]c(-c3ccc(O)cc3)c2)cc1. The van der Waals surface area contributed by atoms with Gasteiger partial charge in [-0.3, -0.25) is 4.79 Å². The smallest absolute Gasteiger partial charge is 0.248 e. The molecule has 3 nitrogen and oxygen atoms in total. The molecule has 0 unspecified atom stereocenters. The van der Waals surface area contributed by atoms with Crippen molar-refractivity contribution < 1.29 is 9.90 Å². The number of phenols is 1. The van der Waals surface area contributed by atoms with Gasteiger partial charge in [0.1, 0.15) is 5.75 Å². The molecule has 3 N–H and O–H groups in total. The van der Waals surface area contributed by atoms with Crippen molar-refractivity contribution in [2.45, 2.75) is 0 Å². The molecule has 3 aromatic carbocycles. The second kappa shape index (κ2) is 5.74. The van der Waals surface area contributed by atoms with E-state index in [9.17, 15) is 9.90 Å². The van der Waals surface area contributed by atoms with Crippen LogP contribution in [0.5, 0.6) is 5.75 Å². The first-order chi connectivity index (χ1) is 10.6. The number of amides is 1. The van der Waals surface area contributed by atoms with E-state index >= 15 is 0 Å². The highest BCUT2D eigenvalue weighted by molar-refractivity contribution is 5.93. The van der Waals surface area contributed by atoms with Crippen LogP contribution in [0.15, 0.2) is 66.7 Å². The molecule has 0 bridgehead atoms. The lowest BCUT2D eigenvalue weighted by Crippen LogP contribution is -2.10. The van der Waals surface area contributed by atoms with Gasteiger partial charge < -0.3 is 10.8 Å². The van der Waals surface area contributed by atoms with Crippen molar-refractivity contribution in [3.8, 4) is 28.0 Å². The molecule has 0 fully saturated rings. The van der Waals surface area contributed by atoms with Crippen molar-refractivity contribution in [3.63, 3.8) is 0 Å². The Hall–Kier alpha value is -3.07. The Balaban J connectivity index is 1.97. The minimum atomic E-state index is -0.433. The number of rotatable bonds is 3. The van der Waals surface area contributed by atoms with Crippen molar-refractivity contribution in [2.24, 2.45) is 5.73 Å². The van der Waals surface area contributed by atoms with Crippen LogP contribution >= 0.6 is 0 Å². The number of phenolic OH excluding ortho intramolecular Hbond substituents is 1. The fourth-order valence-corrected chi connectivity index (χ4v) is 2.28. The Bertz CT molecular complexity index is 806. The van der Waals surface area contributed by atoms with E-state index in [-0.39, 0.29) is 5.75 Å². The summed E-state index contributed by atoms with van der Waals surface area (Å²) in [5.74, 6) is -0.195. The predicted molar refractivity (Wildman–Crippen MR) is 86.3 cm³/mol. The summed E-state index contributed by atoms with van der Waals surface area (Å²) in [5.41, 5.74) is 9.69. The van der Waals surface area contributed by atoms with E-state index in [2.05, 4.69) is 6.07 Å². The average Bonchev–Trinajstić information content (AvgIpc) is 2.56. The number of primary amides is 1. The molecule has 1 radical (unpaired) electrons. The number of hydrogen-bond acceptors (Lipinski definition) is 2. The van der Waals surface area contributed by atoms with Gasteiger partial charge in [-0.15, -0.1) is 0 Å². The van der Waals surface area contributed by atoms with Gasteiger partial charge in [0.05, 0.1) is 0 Å². The minimum Gasteiger partial charge on any atom is -0.508 e. The van der Waals surface area contributed by atoms with Crippen molar-refractivity contribution in [1.29, 1.82) is 0 Å². The van der Waals surface area contributed by atoms with Crippen molar-refractivity contribution in [1.82, 2.24) is 0 Å². The van der Waals surface area contributed by atoms with Crippen LogP contribution in [0.25, 0.3) is 22.3 Å². The van der Waals surface area contributed by atoms with Crippen LogP contribution in [-0.4, -0.2) is 11.0 Å².